The van der Waals surface area contributed by atoms with Crippen LogP contribution in [0, 0.1) is 5.92 Å². The number of likely N-dealkylation sites (tertiary alicyclic amines) is 1. The van der Waals surface area contributed by atoms with Crippen LogP contribution in [0.5, 0.6) is 0 Å². The summed E-state index contributed by atoms with van der Waals surface area (Å²) in [5, 5.41) is 9.56. The highest BCUT2D eigenvalue weighted by atomic mass is 35.5. The van der Waals surface area contributed by atoms with Crippen molar-refractivity contribution in [3.05, 3.63) is 34.9 Å². The molecule has 1 aromatic rings. The smallest absolute Gasteiger partial charge is 0.247 e. The van der Waals surface area contributed by atoms with Crippen molar-refractivity contribution in [3.8, 4) is 0 Å². The molecule has 0 aliphatic carbocycles. The molecule has 2 rings (SSSR count). The quantitative estimate of drug-likeness (QED) is 0.646. The molecule has 22 heavy (non-hydrogen) atoms. The lowest BCUT2D eigenvalue weighted by Crippen LogP contribution is -2.41. The summed E-state index contributed by atoms with van der Waals surface area (Å²) in [5.41, 5.74) is 2.43. The van der Waals surface area contributed by atoms with Gasteiger partial charge in [-0.3, -0.25) is 14.8 Å². The average molecular weight is 325 g/mol. The number of hydrogen-bond acceptors (Lipinski definition) is 3. The fraction of sp³-hybridized carbons (Fsp3) is 0.500. The lowest BCUT2D eigenvalue weighted by molar-refractivity contribution is -0.141. The van der Waals surface area contributed by atoms with Gasteiger partial charge in [-0.2, -0.15) is 0 Å². The summed E-state index contributed by atoms with van der Waals surface area (Å²) in [5.74, 6) is -1.81. The summed E-state index contributed by atoms with van der Waals surface area (Å²) in [6.45, 7) is 3.28. The van der Waals surface area contributed by atoms with Gasteiger partial charge in [-0.15, -0.1) is 0 Å². The lowest BCUT2D eigenvalue weighted by atomic mass is 9.82. The van der Waals surface area contributed by atoms with Gasteiger partial charge in [0.05, 0.1) is 11.8 Å². The second-order valence-electron chi connectivity index (χ2n) is 5.55. The van der Waals surface area contributed by atoms with Crippen LogP contribution >= 0.6 is 11.6 Å². The van der Waals surface area contributed by atoms with Gasteiger partial charge in [0, 0.05) is 18.1 Å². The van der Waals surface area contributed by atoms with Crippen molar-refractivity contribution < 1.29 is 14.8 Å². The Hall–Kier alpha value is -1.59. The highest BCUT2D eigenvalue weighted by molar-refractivity contribution is 6.30. The number of halogens is 1. The van der Waals surface area contributed by atoms with Gasteiger partial charge in [0.2, 0.25) is 11.8 Å². The van der Waals surface area contributed by atoms with Crippen LogP contribution in [-0.2, 0) is 9.59 Å². The number of carbonyl (C=O) groups excluding carboxylic acids is 2. The van der Waals surface area contributed by atoms with E-state index in [1.54, 1.807) is 34.6 Å². The molecule has 2 atom stereocenters. The summed E-state index contributed by atoms with van der Waals surface area (Å²) in [6, 6.07) is 6.97. The predicted octanol–water partition coefficient (Wildman–Crippen LogP) is 2.58. The number of rotatable bonds is 5. The highest BCUT2D eigenvalue weighted by Gasteiger charge is 2.37. The summed E-state index contributed by atoms with van der Waals surface area (Å²) >= 11 is 5.91. The van der Waals surface area contributed by atoms with Gasteiger partial charge in [0.1, 0.15) is 0 Å². The standard InChI is InChI=1S/C16H21ClN2O3/c1-2-13(15(20)18-22)14(11-5-7-12(17)8-6-11)16(21)19-9-3-4-10-19/h5-8,13-14,22H,2-4,9-10H2,1H3,(H,18,20)/t13-,14+/m0/s1. The van der Waals surface area contributed by atoms with Gasteiger partial charge in [-0.25, -0.2) is 5.48 Å². The van der Waals surface area contributed by atoms with E-state index in [4.69, 9.17) is 16.8 Å². The number of nitrogens with zero attached hydrogens (tertiary/aromatic N) is 1. The summed E-state index contributed by atoms with van der Waals surface area (Å²) < 4.78 is 0. The molecular formula is C16H21ClN2O3. The minimum absolute atomic E-state index is 0.0599. The molecule has 1 saturated heterocycles. The Labute approximate surface area is 135 Å². The molecule has 2 N–H and O–H groups in total. The third kappa shape index (κ3) is 3.59. The van der Waals surface area contributed by atoms with Gasteiger partial charge >= 0.3 is 0 Å². The molecule has 1 aliphatic heterocycles. The maximum absolute atomic E-state index is 12.9. The first-order valence-corrected chi connectivity index (χ1v) is 7.94. The van der Waals surface area contributed by atoms with E-state index in [0.29, 0.717) is 11.4 Å². The molecule has 0 unspecified atom stereocenters. The molecule has 0 bridgehead atoms. The minimum Gasteiger partial charge on any atom is -0.342 e. The van der Waals surface area contributed by atoms with Crippen molar-refractivity contribution in [1.82, 2.24) is 10.4 Å². The van der Waals surface area contributed by atoms with E-state index < -0.39 is 17.7 Å². The molecule has 0 saturated carbocycles. The van der Waals surface area contributed by atoms with Gasteiger partial charge < -0.3 is 4.90 Å². The normalized spacial score (nSPS) is 17.1. The molecule has 0 aromatic heterocycles. The van der Waals surface area contributed by atoms with Gasteiger partial charge in [0.25, 0.3) is 0 Å². The first kappa shape index (κ1) is 16.8. The zero-order valence-electron chi connectivity index (χ0n) is 12.6. The molecule has 1 fully saturated rings. The number of amides is 2. The Bertz CT molecular complexity index is 527. The Morgan fingerprint density at radius 1 is 1.27 bits per heavy atom. The van der Waals surface area contributed by atoms with E-state index in [1.165, 1.54) is 0 Å². The maximum atomic E-state index is 12.9. The van der Waals surface area contributed by atoms with Crippen LogP contribution < -0.4 is 5.48 Å². The average Bonchev–Trinajstić information content (AvgIpc) is 3.07. The molecule has 0 spiro atoms. The second-order valence-corrected chi connectivity index (χ2v) is 5.99. The van der Waals surface area contributed by atoms with Crippen LogP contribution in [0.1, 0.15) is 37.7 Å². The Morgan fingerprint density at radius 3 is 2.36 bits per heavy atom. The first-order chi connectivity index (χ1) is 10.6. The summed E-state index contributed by atoms with van der Waals surface area (Å²) in [7, 11) is 0. The van der Waals surface area contributed by atoms with Crippen molar-refractivity contribution >= 4 is 23.4 Å². The largest absolute Gasteiger partial charge is 0.342 e. The molecule has 6 heteroatoms. The third-order valence-corrected chi connectivity index (χ3v) is 4.45. The molecule has 2 amide bonds. The van der Waals surface area contributed by atoms with Crippen molar-refractivity contribution in [3.63, 3.8) is 0 Å². The summed E-state index contributed by atoms with van der Waals surface area (Å²) in [4.78, 5) is 26.7. The monoisotopic (exact) mass is 324 g/mol. The third-order valence-electron chi connectivity index (χ3n) is 4.20. The van der Waals surface area contributed by atoms with Gasteiger partial charge in [-0.1, -0.05) is 30.7 Å². The summed E-state index contributed by atoms with van der Waals surface area (Å²) in [6.07, 6.45) is 2.43. The predicted molar refractivity (Wildman–Crippen MR) is 83.7 cm³/mol. The number of hydrogen-bond donors (Lipinski definition) is 2. The highest BCUT2D eigenvalue weighted by Crippen LogP contribution is 2.31. The zero-order valence-corrected chi connectivity index (χ0v) is 13.3. The van der Waals surface area contributed by atoms with Crippen LogP contribution in [0.3, 0.4) is 0 Å². The number of hydroxylamine groups is 1. The van der Waals surface area contributed by atoms with Crippen LogP contribution in [0.4, 0.5) is 0 Å². The van der Waals surface area contributed by atoms with E-state index in [1.807, 2.05) is 6.92 Å². The van der Waals surface area contributed by atoms with Crippen LogP contribution in [0.2, 0.25) is 5.02 Å². The number of carbonyl (C=O) groups is 2. The van der Waals surface area contributed by atoms with Gasteiger partial charge in [0.15, 0.2) is 0 Å². The van der Waals surface area contributed by atoms with Crippen LogP contribution in [-0.4, -0.2) is 35.0 Å². The fourth-order valence-corrected chi connectivity index (χ4v) is 3.13. The first-order valence-electron chi connectivity index (χ1n) is 7.56. The van der Waals surface area contributed by atoms with Crippen LogP contribution in [0.25, 0.3) is 0 Å². The zero-order chi connectivity index (χ0) is 16.1. The Kier molecular flexibility index (Phi) is 5.80. The minimum atomic E-state index is -0.612. The molecular weight excluding hydrogens is 304 g/mol. The van der Waals surface area contributed by atoms with Crippen LogP contribution in [0.15, 0.2) is 24.3 Å². The topological polar surface area (TPSA) is 69.6 Å². The molecule has 1 heterocycles. The Morgan fingerprint density at radius 2 is 1.86 bits per heavy atom. The lowest BCUT2D eigenvalue weighted by Gasteiger charge is -2.28. The molecule has 5 nitrogen and oxygen atoms in total. The van der Waals surface area contributed by atoms with Crippen molar-refractivity contribution in [1.29, 1.82) is 0 Å². The SMILES string of the molecule is CC[C@H](C(=O)NO)[C@H](C(=O)N1CCCC1)c1ccc(Cl)cc1. The number of nitrogens with one attached hydrogen (secondary N) is 1. The van der Waals surface area contributed by atoms with Gasteiger partial charge in [-0.05, 0) is 37.0 Å². The molecule has 0 radical (unpaired) electrons. The second kappa shape index (κ2) is 7.61. The molecule has 120 valence electrons. The van der Waals surface area contributed by atoms with E-state index in [9.17, 15) is 9.59 Å². The van der Waals surface area contributed by atoms with E-state index in [2.05, 4.69) is 0 Å². The Balaban J connectivity index is 2.36. The van der Waals surface area contributed by atoms with Crippen molar-refractivity contribution in [2.45, 2.75) is 32.1 Å². The van der Waals surface area contributed by atoms with Crippen molar-refractivity contribution in [2.24, 2.45) is 5.92 Å². The van der Waals surface area contributed by atoms with E-state index in [-0.39, 0.29) is 5.91 Å². The fourth-order valence-electron chi connectivity index (χ4n) is 3.01. The van der Waals surface area contributed by atoms with E-state index in [0.717, 1.165) is 31.5 Å². The molecule has 1 aromatic carbocycles. The van der Waals surface area contributed by atoms with Crippen molar-refractivity contribution in [2.75, 3.05) is 13.1 Å². The maximum Gasteiger partial charge on any atom is 0.247 e. The van der Waals surface area contributed by atoms with E-state index >= 15 is 0 Å². The molecule has 1 aliphatic rings. The number of benzene rings is 1.